The lowest BCUT2D eigenvalue weighted by atomic mass is 10.2. The molecule has 0 spiro atoms. The summed E-state index contributed by atoms with van der Waals surface area (Å²) in [6.45, 7) is 0. The van der Waals surface area contributed by atoms with Gasteiger partial charge in [-0.05, 0) is 44.8 Å². The van der Waals surface area contributed by atoms with E-state index >= 15 is 0 Å². The van der Waals surface area contributed by atoms with E-state index < -0.39 is 0 Å². The Kier molecular flexibility index (Phi) is 2.39. The molecule has 0 saturated carbocycles. The van der Waals surface area contributed by atoms with Crippen LogP contribution in [0.2, 0.25) is 0 Å². The van der Waals surface area contributed by atoms with Gasteiger partial charge in [-0.25, -0.2) is 0 Å². The fourth-order valence-corrected chi connectivity index (χ4v) is 2.19. The predicted molar refractivity (Wildman–Crippen MR) is 57.6 cm³/mol. The third kappa shape index (κ3) is 1.84. The molecule has 2 aromatic heterocycles. The molecule has 2 rings (SSSR count). The van der Waals surface area contributed by atoms with E-state index in [1.54, 1.807) is 22.7 Å². The zero-order valence-corrected chi connectivity index (χ0v) is 8.07. The van der Waals surface area contributed by atoms with Gasteiger partial charge in [-0.3, -0.25) is 0 Å². The molecule has 0 aromatic carbocycles. The van der Waals surface area contributed by atoms with E-state index in [1.807, 2.05) is 0 Å². The average Bonchev–Trinajstić information content (AvgIpc) is 2.74. The number of thiophene rings is 2. The Morgan fingerprint density at radius 3 is 1.67 bits per heavy atom. The maximum atomic E-state index is 2.14. The summed E-state index contributed by atoms with van der Waals surface area (Å²) in [5.74, 6) is 0. The smallest absolute Gasteiger partial charge is 0.00208 e. The van der Waals surface area contributed by atoms with Crippen LogP contribution < -0.4 is 0 Å². The van der Waals surface area contributed by atoms with Gasteiger partial charge in [0.2, 0.25) is 0 Å². The van der Waals surface area contributed by atoms with E-state index in [0.29, 0.717) is 0 Å². The van der Waals surface area contributed by atoms with Crippen molar-refractivity contribution in [3.05, 3.63) is 44.8 Å². The fraction of sp³-hybridized carbons (Fsp3) is 0. The average molecular weight is 192 g/mol. The molecule has 0 aliphatic rings. The van der Waals surface area contributed by atoms with Crippen molar-refractivity contribution < 1.29 is 0 Å². The molecule has 0 saturated heterocycles. The normalized spacial score (nSPS) is 11.0. The highest BCUT2D eigenvalue weighted by atomic mass is 32.1. The van der Waals surface area contributed by atoms with Crippen LogP contribution in [0.3, 0.4) is 0 Å². The Labute approximate surface area is 79.8 Å². The summed E-state index contributed by atoms with van der Waals surface area (Å²) < 4.78 is 0. The summed E-state index contributed by atoms with van der Waals surface area (Å²) in [4.78, 5) is 0. The van der Waals surface area contributed by atoms with Crippen molar-refractivity contribution in [2.24, 2.45) is 0 Å². The third-order valence-corrected chi connectivity index (χ3v) is 2.96. The monoisotopic (exact) mass is 192 g/mol. The maximum absolute atomic E-state index is 2.14. The van der Waals surface area contributed by atoms with Gasteiger partial charge < -0.3 is 0 Å². The second-order valence-electron chi connectivity index (χ2n) is 2.45. The lowest BCUT2D eigenvalue weighted by Crippen LogP contribution is -1.60. The standard InChI is InChI=1S/C10H8S2/c1(9-3-5-11-7-9)2-10-4-6-12-8-10/h1-8H/b2-1+. The second-order valence-corrected chi connectivity index (χ2v) is 4.01. The van der Waals surface area contributed by atoms with Crippen LogP contribution in [-0.4, -0.2) is 0 Å². The van der Waals surface area contributed by atoms with Gasteiger partial charge >= 0.3 is 0 Å². The Morgan fingerprint density at radius 2 is 1.33 bits per heavy atom. The van der Waals surface area contributed by atoms with E-state index in [0.717, 1.165) is 0 Å². The van der Waals surface area contributed by atoms with Crippen LogP contribution in [0.15, 0.2) is 33.7 Å². The highest BCUT2D eigenvalue weighted by molar-refractivity contribution is 7.08. The van der Waals surface area contributed by atoms with Crippen molar-refractivity contribution in [1.29, 1.82) is 0 Å². The molecule has 12 heavy (non-hydrogen) atoms. The molecule has 2 aromatic rings. The number of rotatable bonds is 2. The summed E-state index contributed by atoms with van der Waals surface area (Å²) in [7, 11) is 0. The van der Waals surface area contributed by atoms with E-state index in [1.165, 1.54) is 11.1 Å². The Hall–Kier alpha value is -0.860. The molecule has 0 bridgehead atoms. The van der Waals surface area contributed by atoms with E-state index in [9.17, 15) is 0 Å². The molecular formula is C10H8S2. The largest absolute Gasteiger partial charge is 0.152 e. The van der Waals surface area contributed by atoms with Gasteiger partial charge in [-0.1, -0.05) is 12.2 Å². The zero-order valence-electron chi connectivity index (χ0n) is 6.44. The molecule has 0 fully saturated rings. The summed E-state index contributed by atoms with van der Waals surface area (Å²) in [6.07, 6.45) is 4.27. The second kappa shape index (κ2) is 3.70. The van der Waals surface area contributed by atoms with E-state index in [4.69, 9.17) is 0 Å². The molecule has 0 N–H and O–H groups in total. The molecule has 0 unspecified atom stereocenters. The first-order valence-electron chi connectivity index (χ1n) is 3.67. The molecular weight excluding hydrogens is 184 g/mol. The summed E-state index contributed by atoms with van der Waals surface area (Å²) in [5, 5.41) is 8.46. The topological polar surface area (TPSA) is 0 Å². The van der Waals surface area contributed by atoms with Crippen molar-refractivity contribution in [3.8, 4) is 0 Å². The first-order valence-corrected chi connectivity index (χ1v) is 5.56. The molecule has 0 nitrogen and oxygen atoms in total. The highest BCUT2D eigenvalue weighted by Gasteiger charge is 1.86. The van der Waals surface area contributed by atoms with Crippen LogP contribution in [0, 0.1) is 0 Å². The minimum atomic E-state index is 1.28. The van der Waals surface area contributed by atoms with Crippen molar-refractivity contribution in [1.82, 2.24) is 0 Å². The van der Waals surface area contributed by atoms with Crippen LogP contribution in [0.25, 0.3) is 12.2 Å². The Morgan fingerprint density at radius 1 is 0.833 bits per heavy atom. The zero-order chi connectivity index (χ0) is 8.23. The molecule has 0 radical (unpaired) electrons. The van der Waals surface area contributed by atoms with Gasteiger partial charge in [0.15, 0.2) is 0 Å². The molecule has 60 valence electrons. The van der Waals surface area contributed by atoms with Crippen molar-refractivity contribution in [2.75, 3.05) is 0 Å². The van der Waals surface area contributed by atoms with Crippen LogP contribution in [-0.2, 0) is 0 Å². The fourth-order valence-electron chi connectivity index (χ4n) is 0.932. The van der Waals surface area contributed by atoms with Gasteiger partial charge in [0.25, 0.3) is 0 Å². The summed E-state index contributed by atoms with van der Waals surface area (Å²) in [5.41, 5.74) is 2.57. The minimum Gasteiger partial charge on any atom is -0.152 e. The van der Waals surface area contributed by atoms with Crippen LogP contribution in [0.1, 0.15) is 11.1 Å². The Balaban J connectivity index is 2.14. The first kappa shape index (κ1) is 7.77. The number of hydrogen-bond acceptors (Lipinski definition) is 2. The lowest BCUT2D eigenvalue weighted by molar-refractivity contribution is 1.85. The quantitative estimate of drug-likeness (QED) is 0.675. The number of hydrogen-bond donors (Lipinski definition) is 0. The third-order valence-electron chi connectivity index (χ3n) is 1.55. The lowest BCUT2D eigenvalue weighted by Gasteiger charge is -1.82. The highest BCUT2D eigenvalue weighted by Crippen LogP contribution is 2.12. The van der Waals surface area contributed by atoms with Crippen molar-refractivity contribution >= 4 is 34.8 Å². The van der Waals surface area contributed by atoms with Gasteiger partial charge in [-0.15, -0.1) is 0 Å². The summed E-state index contributed by atoms with van der Waals surface area (Å²) >= 11 is 3.46. The maximum Gasteiger partial charge on any atom is -0.00208 e. The molecule has 0 amide bonds. The van der Waals surface area contributed by atoms with Crippen LogP contribution in [0.4, 0.5) is 0 Å². The minimum absolute atomic E-state index is 1.28. The Bertz CT molecular complexity index is 305. The molecule has 2 heterocycles. The van der Waals surface area contributed by atoms with E-state index in [-0.39, 0.29) is 0 Å². The predicted octanol–water partition coefficient (Wildman–Crippen LogP) is 3.98. The first-order chi connectivity index (χ1) is 5.95. The van der Waals surface area contributed by atoms with Gasteiger partial charge in [0.1, 0.15) is 0 Å². The summed E-state index contributed by atoms with van der Waals surface area (Å²) in [6, 6.07) is 4.24. The van der Waals surface area contributed by atoms with Crippen molar-refractivity contribution in [2.45, 2.75) is 0 Å². The van der Waals surface area contributed by atoms with Gasteiger partial charge in [0.05, 0.1) is 0 Å². The molecule has 0 aliphatic heterocycles. The van der Waals surface area contributed by atoms with Gasteiger partial charge in [0, 0.05) is 0 Å². The van der Waals surface area contributed by atoms with E-state index in [2.05, 4.69) is 45.8 Å². The van der Waals surface area contributed by atoms with Gasteiger partial charge in [-0.2, -0.15) is 22.7 Å². The SMILES string of the molecule is C(=C\c1ccsc1)/c1ccsc1. The molecule has 2 heteroatoms. The molecule has 0 atom stereocenters. The van der Waals surface area contributed by atoms with Crippen LogP contribution >= 0.6 is 22.7 Å². The van der Waals surface area contributed by atoms with Crippen molar-refractivity contribution in [3.63, 3.8) is 0 Å². The van der Waals surface area contributed by atoms with Crippen LogP contribution in [0.5, 0.6) is 0 Å². The molecule has 0 aliphatic carbocycles.